The molecule has 2 aromatic heterocycles. The largest absolute Gasteiger partial charge is 0.366 e. The van der Waals surface area contributed by atoms with E-state index >= 15 is 0 Å². The number of aromatic nitrogens is 3. The van der Waals surface area contributed by atoms with E-state index in [0.717, 1.165) is 48.5 Å². The fourth-order valence-corrected chi connectivity index (χ4v) is 3.66. The Kier molecular flexibility index (Phi) is 5.35. The molecule has 4 N–H and O–H groups in total. The summed E-state index contributed by atoms with van der Waals surface area (Å²) in [6.45, 7) is 0. The van der Waals surface area contributed by atoms with Gasteiger partial charge >= 0.3 is 0 Å². The number of nitrogens with zero attached hydrogens (tertiary/aromatic N) is 4. The van der Waals surface area contributed by atoms with Crippen molar-refractivity contribution in [1.29, 1.82) is 0 Å². The van der Waals surface area contributed by atoms with Gasteiger partial charge in [-0.05, 0) is 49.9 Å². The summed E-state index contributed by atoms with van der Waals surface area (Å²) in [5.41, 5.74) is 9.15. The number of carbonyl (C=O) groups excluding carboxylic acids is 1. The summed E-state index contributed by atoms with van der Waals surface area (Å²) < 4.78 is 1.77. The summed E-state index contributed by atoms with van der Waals surface area (Å²) in [5, 5.41) is 11.6. The quantitative estimate of drug-likeness (QED) is 0.616. The minimum Gasteiger partial charge on any atom is -0.366 e. The highest BCUT2D eigenvalue weighted by atomic mass is 16.2. The van der Waals surface area contributed by atoms with Crippen molar-refractivity contribution in [1.82, 2.24) is 19.5 Å². The number of hydrogen-bond acceptors (Lipinski definition) is 6. The Morgan fingerprint density at radius 3 is 2.59 bits per heavy atom. The second-order valence-electron chi connectivity index (χ2n) is 7.80. The van der Waals surface area contributed by atoms with Gasteiger partial charge in [-0.25, -0.2) is 9.50 Å². The number of carbonyl (C=O) groups is 1. The topological polar surface area (TPSA) is 101 Å². The number of nitrogens with one attached hydrogen (secondary N) is 2. The number of rotatable bonds is 5. The summed E-state index contributed by atoms with van der Waals surface area (Å²) in [6, 6.07) is 10.1. The van der Waals surface area contributed by atoms with E-state index in [0.29, 0.717) is 17.6 Å². The Morgan fingerprint density at radius 2 is 1.90 bits per heavy atom. The van der Waals surface area contributed by atoms with Gasteiger partial charge in [0.25, 0.3) is 5.91 Å². The smallest absolute Gasteiger partial charge is 0.253 e. The van der Waals surface area contributed by atoms with Crippen LogP contribution in [0.25, 0.3) is 5.65 Å². The molecule has 4 rings (SSSR count). The predicted octanol–water partition coefficient (Wildman–Crippen LogP) is 2.86. The van der Waals surface area contributed by atoms with E-state index in [9.17, 15) is 4.79 Å². The van der Waals surface area contributed by atoms with Gasteiger partial charge in [0.15, 0.2) is 5.65 Å². The van der Waals surface area contributed by atoms with Crippen LogP contribution in [0, 0.1) is 0 Å². The molecule has 0 unspecified atom stereocenters. The van der Waals surface area contributed by atoms with Gasteiger partial charge in [0.2, 0.25) is 0 Å². The van der Waals surface area contributed by atoms with Crippen LogP contribution in [0.1, 0.15) is 36.0 Å². The van der Waals surface area contributed by atoms with Gasteiger partial charge in [-0.15, -0.1) is 5.10 Å². The molecule has 0 aliphatic heterocycles. The predicted molar refractivity (Wildman–Crippen MR) is 115 cm³/mol. The fourth-order valence-electron chi connectivity index (χ4n) is 3.66. The van der Waals surface area contributed by atoms with E-state index in [1.165, 1.54) is 0 Å². The van der Waals surface area contributed by atoms with E-state index < -0.39 is 0 Å². The van der Waals surface area contributed by atoms with Gasteiger partial charge in [-0.1, -0.05) is 0 Å². The van der Waals surface area contributed by atoms with E-state index in [1.807, 2.05) is 36.5 Å². The van der Waals surface area contributed by atoms with Crippen LogP contribution < -0.4 is 16.4 Å². The number of anilines is 3. The van der Waals surface area contributed by atoms with Crippen molar-refractivity contribution < 1.29 is 4.79 Å². The Morgan fingerprint density at radius 1 is 1.17 bits per heavy atom. The maximum Gasteiger partial charge on any atom is 0.253 e. The SMILES string of the molecule is CN(C)C(=O)c1ccc(Nc2cc(NC3CCC(N)CC3)nn3ccnc23)cc1. The van der Waals surface area contributed by atoms with Gasteiger partial charge in [0, 0.05) is 55.9 Å². The average molecular weight is 393 g/mol. The van der Waals surface area contributed by atoms with Crippen molar-refractivity contribution in [3.63, 3.8) is 0 Å². The third kappa shape index (κ3) is 4.32. The summed E-state index contributed by atoms with van der Waals surface area (Å²) >= 11 is 0. The van der Waals surface area contributed by atoms with E-state index in [-0.39, 0.29) is 5.91 Å². The van der Waals surface area contributed by atoms with Gasteiger partial charge in [-0.2, -0.15) is 0 Å². The molecule has 2 heterocycles. The van der Waals surface area contributed by atoms with Crippen LogP contribution in [0.3, 0.4) is 0 Å². The third-order valence-corrected chi connectivity index (χ3v) is 5.30. The molecule has 29 heavy (non-hydrogen) atoms. The number of nitrogens with two attached hydrogens (primary N) is 1. The van der Waals surface area contributed by atoms with E-state index in [4.69, 9.17) is 5.73 Å². The zero-order valence-electron chi connectivity index (χ0n) is 16.8. The van der Waals surface area contributed by atoms with Crippen LogP contribution in [-0.2, 0) is 0 Å². The molecule has 152 valence electrons. The van der Waals surface area contributed by atoms with Crippen molar-refractivity contribution in [3.8, 4) is 0 Å². The lowest BCUT2D eigenvalue weighted by atomic mass is 9.92. The summed E-state index contributed by atoms with van der Waals surface area (Å²) in [7, 11) is 3.49. The first-order valence-electron chi connectivity index (χ1n) is 9.95. The summed E-state index contributed by atoms with van der Waals surface area (Å²) in [5.74, 6) is 0.785. The molecule has 0 bridgehead atoms. The normalized spacial score (nSPS) is 19.1. The standard InChI is InChI=1S/C21H27N7O/c1-27(2)21(29)14-3-7-16(8-4-14)24-18-13-19(26-28-12-11-23-20(18)28)25-17-9-5-15(22)6-10-17/h3-4,7-8,11-13,15,17,24H,5-6,9-10,22H2,1-2H3,(H,25,26). The van der Waals surface area contributed by atoms with Gasteiger partial charge < -0.3 is 21.3 Å². The molecule has 1 aromatic carbocycles. The fraction of sp³-hybridized carbons (Fsp3) is 0.381. The molecule has 1 amide bonds. The molecule has 1 aliphatic carbocycles. The third-order valence-electron chi connectivity index (χ3n) is 5.30. The van der Waals surface area contributed by atoms with Crippen molar-refractivity contribution in [2.45, 2.75) is 37.8 Å². The number of amides is 1. The Labute approximate surface area is 170 Å². The number of imidazole rings is 1. The lowest BCUT2D eigenvalue weighted by molar-refractivity contribution is 0.0827. The van der Waals surface area contributed by atoms with Crippen LogP contribution in [-0.4, -0.2) is 51.6 Å². The molecule has 1 saturated carbocycles. The molecule has 0 spiro atoms. The first-order valence-corrected chi connectivity index (χ1v) is 9.95. The van der Waals surface area contributed by atoms with Crippen molar-refractivity contribution in [2.24, 2.45) is 5.73 Å². The minimum atomic E-state index is -0.0187. The van der Waals surface area contributed by atoms with Crippen LogP contribution in [0.2, 0.25) is 0 Å². The molecule has 0 radical (unpaired) electrons. The Balaban J connectivity index is 1.55. The highest BCUT2D eigenvalue weighted by Gasteiger charge is 2.19. The van der Waals surface area contributed by atoms with E-state index in [1.54, 1.807) is 29.7 Å². The zero-order valence-corrected chi connectivity index (χ0v) is 16.8. The average Bonchev–Trinajstić information content (AvgIpc) is 3.19. The first kappa shape index (κ1) is 19.2. The second kappa shape index (κ2) is 8.08. The van der Waals surface area contributed by atoms with Crippen LogP contribution in [0.4, 0.5) is 17.2 Å². The Bertz CT molecular complexity index is 988. The molecular weight excluding hydrogens is 366 g/mol. The second-order valence-corrected chi connectivity index (χ2v) is 7.80. The highest BCUT2D eigenvalue weighted by molar-refractivity contribution is 5.94. The number of fused-ring (bicyclic) bond motifs is 1. The van der Waals surface area contributed by atoms with Crippen LogP contribution in [0.15, 0.2) is 42.7 Å². The van der Waals surface area contributed by atoms with Crippen molar-refractivity contribution >= 4 is 28.7 Å². The number of benzene rings is 1. The molecule has 3 aromatic rings. The Hall–Kier alpha value is -3.13. The van der Waals surface area contributed by atoms with Gasteiger partial charge in [-0.3, -0.25) is 4.79 Å². The monoisotopic (exact) mass is 393 g/mol. The molecule has 8 nitrogen and oxygen atoms in total. The molecule has 1 aliphatic rings. The van der Waals surface area contributed by atoms with Crippen molar-refractivity contribution in [2.75, 3.05) is 24.7 Å². The lowest BCUT2D eigenvalue weighted by Crippen LogP contribution is -2.33. The zero-order chi connectivity index (χ0) is 20.4. The maximum atomic E-state index is 12.1. The van der Waals surface area contributed by atoms with Crippen molar-refractivity contribution in [3.05, 3.63) is 48.3 Å². The molecule has 0 saturated heterocycles. The lowest BCUT2D eigenvalue weighted by Gasteiger charge is -2.27. The highest BCUT2D eigenvalue weighted by Crippen LogP contribution is 2.26. The molecule has 1 fully saturated rings. The van der Waals surface area contributed by atoms with Gasteiger partial charge in [0.05, 0.1) is 5.69 Å². The van der Waals surface area contributed by atoms with Crippen LogP contribution in [0.5, 0.6) is 0 Å². The molecular formula is C21H27N7O. The number of hydrogen-bond donors (Lipinski definition) is 3. The summed E-state index contributed by atoms with van der Waals surface area (Å²) in [6.07, 6.45) is 7.74. The summed E-state index contributed by atoms with van der Waals surface area (Å²) in [4.78, 5) is 18.1. The maximum absolute atomic E-state index is 12.1. The molecule has 0 atom stereocenters. The molecule has 8 heteroatoms. The van der Waals surface area contributed by atoms with Gasteiger partial charge in [0.1, 0.15) is 5.82 Å². The van der Waals surface area contributed by atoms with E-state index in [2.05, 4.69) is 20.7 Å². The first-order chi connectivity index (χ1) is 14.0. The minimum absolute atomic E-state index is 0.0187. The van der Waals surface area contributed by atoms with Crippen LogP contribution >= 0.6 is 0 Å².